The summed E-state index contributed by atoms with van der Waals surface area (Å²) in [4.78, 5) is 0. The molecule has 0 radical (unpaired) electrons. The smallest absolute Gasteiger partial charge is 0.0724 e. The van der Waals surface area contributed by atoms with Crippen LogP contribution in [0, 0.1) is 0 Å². The van der Waals surface area contributed by atoms with Crippen LogP contribution < -0.4 is 5.32 Å². The summed E-state index contributed by atoms with van der Waals surface area (Å²) < 4.78 is 10.6. The lowest BCUT2D eigenvalue weighted by atomic mass is 9.92. The van der Waals surface area contributed by atoms with Crippen molar-refractivity contribution in [2.75, 3.05) is 20.8 Å². The highest BCUT2D eigenvalue weighted by atomic mass is 16.5. The fraction of sp³-hybridized carbons (Fsp3) is 1.00. The van der Waals surface area contributed by atoms with Gasteiger partial charge in [0.25, 0.3) is 0 Å². The van der Waals surface area contributed by atoms with Gasteiger partial charge in [-0.1, -0.05) is 12.8 Å². The molecular formula is C11H23NO2. The van der Waals surface area contributed by atoms with Crippen molar-refractivity contribution in [2.24, 2.45) is 0 Å². The Morgan fingerprint density at radius 3 is 2.64 bits per heavy atom. The Morgan fingerprint density at radius 2 is 2.00 bits per heavy atom. The molecule has 3 heteroatoms. The molecule has 0 bridgehead atoms. The van der Waals surface area contributed by atoms with E-state index in [2.05, 4.69) is 12.2 Å². The first kappa shape index (κ1) is 12.0. The minimum Gasteiger partial charge on any atom is -0.383 e. The van der Waals surface area contributed by atoms with Crippen molar-refractivity contribution in [1.29, 1.82) is 0 Å². The molecule has 1 N–H and O–H groups in total. The summed E-state index contributed by atoms with van der Waals surface area (Å²) in [6.07, 6.45) is 5.43. The van der Waals surface area contributed by atoms with Gasteiger partial charge >= 0.3 is 0 Å². The first-order valence-corrected chi connectivity index (χ1v) is 5.55. The van der Waals surface area contributed by atoms with Crippen LogP contribution in [0.3, 0.4) is 0 Å². The second-order valence-electron chi connectivity index (χ2n) is 4.19. The zero-order valence-electron chi connectivity index (χ0n) is 9.58. The minimum atomic E-state index is 0.392. The molecule has 0 aromatic rings. The predicted octanol–water partition coefficient (Wildman–Crippen LogP) is 1.57. The van der Waals surface area contributed by atoms with Crippen LogP contribution in [0.4, 0.5) is 0 Å². The molecule has 0 amide bonds. The number of methoxy groups -OCH3 is 2. The van der Waals surface area contributed by atoms with E-state index in [0.717, 1.165) is 6.61 Å². The fourth-order valence-electron chi connectivity index (χ4n) is 2.23. The van der Waals surface area contributed by atoms with Crippen molar-refractivity contribution in [3.8, 4) is 0 Å². The lowest BCUT2D eigenvalue weighted by molar-refractivity contribution is 0.0336. The van der Waals surface area contributed by atoms with Crippen molar-refractivity contribution in [1.82, 2.24) is 5.32 Å². The molecule has 14 heavy (non-hydrogen) atoms. The number of nitrogens with one attached hydrogen (secondary N) is 1. The van der Waals surface area contributed by atoms with Crippen molar-refractivity contribution in [2.45, 2.75) is 50.8 Å². The van der Waals surface area contributed by atoms with E-state index in [9.17, 15) is 0 Å². The standard InChI is InChI=1S/C11H23NO2/c1-9(8-13-2)12-10-6-4-5-7-11(10)14-3/h9-12H,4-8H2,1-3H3/t9-,10+,11+/m1/s1. The summed E-state index contributed by atoms with van der Waals surface area (Å²) in [7, 11) is 3.55. The average Bonchev–Trinajstić information content (AvgIpc) is 2.19. The summed E-state index contributed by atoms with van der Waals surface area (Å²) >= 11 is 0. The van der Waals surface area contributed by atoms with E-state index in [1.54, 1.807) is 7.11 Å². The molecule has 1 aliphatic rings. The number of ether oxygens (including phenoxy) is 2. The van der Waals surface area contributed by atoms with Gasteiger partial charge in [0, 0.05) is 26.3 Å². The average molecular weight is 201 g/mol. The van der Waals surface area contributed by atoms with Crippen molar-refractivity contribution in [3.05, 3.63) is 0 Å². The van der Waals surface area contributed by atoms with Crippen LogP contribution in [0.2, 0.25) is 0 Å². The highest BCUT2D eigenvalue weighted by Crippen LogP contribution is 2.21. The molecule has 0 spiro atoms. The Hall–Kier alpha value is -0.120. The predicted molar refractivity (Wildman–Crippen MR) is 57.5 cm³/mol. The van der Waals surface area contributed by atoms with Gasteiger partial charge in [-0.2, -0.15) is 0 Å². The highest BCUT2D eigenvalue weighted by Gasteiger charge is 2.25. The second kappa shape index (κ2) is 6.38. The van der Waals surface area contributed by atoms with Gasteiger partial charge in [-0.05, 0) is 19.8 Å². The Kier molecular flexibility index (Phi) is 5.45. The third-order valence-electron chi connectivity index (χ3n) is 2.92. The topological polar surface area (TPSA) is 30.5 Å². The molecule has 84 valence electrons. The van der Waals surface area contributed by atoms with Gasteiger partial charge < -0.3 is 14.8 Å². The molecule has 0 unspecified atom stereocenters. The summed E-state index contributed by atoms with van der Waals surface area (Å²) in [6.45, 7) is 2.93. The number of hydrogen-bond acceptors (Lipinski definition) is 3. The van der Waals surface area contributed by atoms with Gasteiger partial charge in [0.15, 0.2) is 0 Å². The molecule has 1 rings (SSSR count). The molecule has 3 atom stereocenters. The highest BCUT2D eigenvalue weighted by molar-refractivity contribution is 4.83. The maximum absolute atomic E-state index is 5.48. The Morgan fingerprint density at radius 1 is 1.29 bits per heavy atom. The number of rotatable bonds is 5. The Balaban J connectivity index is 2.32. The normalized spacial score (nSPS) is 30.2. The van der Waals surface area contributed by atoms with Crippen LogP contribution in [-0.4, -0.2) is 39.0 Å². The Bertz CT molecular complexity index is 152. The number of hydrogen-bond donors (Lipinski definition) is 1. The second-order valence-corrected chi connectivity index (χ2v) is 4.19. The molecule has 3 nitrogen and oxygen atoms in total. The van der Waals surface area contributed by atoms with E-state index in [1.165, 1.54) is 25.7 Å². The third kappa shape index (κ3) is 3.56. The van der Waals surface area contributed by atoms with Crippen LogP contribution >= 0.6 is 0 Å². The minimum absolute atomic E-state index is 0.392. The third-order valence-corrected chi connectivity index (χ3v) is 2.92. The van der Waals surface area contributed by atoms with E-state index in [4.69, 9.17) is 9.47 Å². The molecule has 0 heterocycles. The first-order chi connectivity index (χ1) is 6.77. The van der Waals surface area contributed by atoms with Crippen LogP contribution in [0.15, 0.2) is 0 Å². The maximum Gasteiger partial charge on any atom is 0.0724 e. The van der Waals surface area contributed by atoms with E-state index < -0.39 is 0 Å². The quantitative estimate of drug-likeness (QED) is 0.732. The summed E-state index contributed by atoms with van der Waals surface area (Å²) in [6, 6.07) is 0.930. The molecule has 0 aromatic carbocycles. The molecule has 1 saturated carbocycles. The van der Waals surface area contributed by atoms with Crippen molar-refractivity contribution < 1.29 is 9.47 Å². The van der Waals surface area contributed by atoms with Gasteiger partial charge in [-0.3, -0.25) is 0 Å². The SMILES string of the molecule is COC[C@@H](C)N[C@H]1CCCC[C@@H]1OC. The zero-order valence-corrected chi connectivity index (χ0v) is 9.58. The molecule has 0 saturated heterocycles. The molecule has 1 aliphatic carbocycles. The van der Waals surface area contributed by atoms with Gasteiger partial charge in [-0.25, -0.2) is 0 Å². The van der Waals surface area contributed by atoms with Crippen LogP contribution in [0.5, 0.6) is 0 Å². The summed E-state index contributed by atoms with van der Waals surface area (Å²) in [5.41, 5.74) is 0. The van der Waals surface area contributed by atoms with Gasteiger partial charge in [0.2, 0.25) is 0 Å². The van der Waals surface area contributed by atoms with E-state index in [1.807, 2.05) is 7.11 Å². The largest absolute Gasteiger partial charge is 0.383 e. The maximum atomic E-state index is 5.48. The molecule has 1 fully saturated rings. The lowest BCUT2D eigenvalue weighted by Gasteiger charge is -2.33. The van der Waals surface area contributed by atoms with E-state index in [0.29, 0.717) is 18.2 Å². The zero-order chi connectivity index (χ0) is 10.4. The van der Waals surface area contributed by atoms with Gasteiger partial charge in [-0.15, -0.1) is 0 Å². The van der Waals surface area contributed by atoms with Gasteiger partial charge in [0.05, 0.1) is 12.7 Å². The first-order valence-electron chi connectivity index (χ1n) is 5.55. The monoisotopic (exact) mass is 201 g/mol. The van der Waals surface area contributed by atoms with Crippen molar-refractivity contribution in [3.63, 3.8) is 0 Å². The van der Waals surface area contributed by atoms with Crippen molar-refractivity contribution >= 4 is 0 Å². The van der Waals surface area contributed by atoms with Crippen LogP contribution in [0.1, 0.15) is 32.6 Å². The van der Waals surface area contributed by atoms with E-state index in [-0.39, 0.29) is 0 Å². The summed E-state index contributed by atoms with van der Waals surface area (Å²) in [5.74, 6) is 0. The molecular weight excluding hydrogens is 178 g/mol. The molecule has 0 aliphatic heterocycles. The fourth-order valence-corrected chi connectivity index (χ4v) is 2.23. The van der Waals surface area contributed by atoms with Crippen LogP contribution in [-0.2, 0) is 9.47 Å². The van der Waals surface area contributed by atoms with E-state index >= 15 is 0 Å². The molecule has 0 aromatic heterocycles. The van der Waals surface area contributed by atoms with Gasteiger partial charge in [0.1, 0.15) is 0 Å². The lowest BCUT2D eigenvalue weighted by Crippen LogP contribution is -2.48. The van der Waals surface area contributed by atoms with Crippen LogP contribution in [0.25, 0.3) is 0 Å². The summed E-state index contributed by atoms with van der Waals surface area (Å²) in [5, 5.41) is 3.57. The Labute approximate surface area is 87.2 Å².